The maximum absolute atomic E-state index is 12.2. The van der Waals surface area contributed by atoms with Crippen molar-refractivity contribution in [2.75, 3.05) is 19.6 Å². The lowest BCUT2D eigenvalue weighted by Gasteiger charge is -2.20. The highest BCUT2D eigenvalue weighted by molar-refractivity contribution is 5.91. The van der Waals surface area contributed by atoms with Crippen molar-refractivity contribution in [3.05, 3.63) is 77.0 Å². The summed E-state index contributed by atoms with van der Waals surface area (Å²) in [6, 6.07) is 16.8. The SMILES string of the molecule is CCCN(CCC)NC(=O)/C=C/c1ccc(CNCCc2c(C)[nH]c3ccccc23)cc1.O=C(O)C(F)(F)F. The molecule has 39 heavy (non-hydrogen) atoms. The molecule has 10 heteroatoms. The number of para-hydroxylation sites is 1. The van der Waals surface area contributed by atoms with Gasteiger partial charge in [0.1, 0.15) is 0 Å². The standard InChI is InChI=1S/C27H36N4O.C2HF3O2/c1-4-18-31(19-5-2)30-27(32)15-14-22-10-12-23(13-11-22)20-28-17-16-24-21(3)29-26-9-7-6-8-25(24)26;3-2(4,5)1(6)7/h6-15,28-29H,4-5,16-20H2,1-3H3,(H,30,32);(H,6,7)/b15-14+;. The molecule has 3 aromatic rings. The summed E-state index contributed by atoms with van der Waals surface area (Å²) in [6.07, 6.45) is 1.41. The Morgan fingerprint density at radius 1 is 1.03 bits per heavy atom. The van der Waals surface area contributed by atoms with Crippen LogP contribution in [0.5, 0.6) is 0 Å². The smallest absolute Gasteiger partial charge is 0.475 e. The number of carbonyl (C=O) groups is 2. The molecule has 0 spiro atoms. The van der Waals surface area contributed by atoms with Gasteiger partial charge in [-0.05, 0) is 61.6 Å². The van der Waals surface area contributed by atoms with Gasteiger partial charge >= 0.3 is 12.1 Å². The molecule has 0 bridgehead atoms. The first-order valence-electron chi connectivity index (χ1n) is 12.9. The van der Waals surface area contributed by atoms with E-state index in [1.165, 1.54) is 27.7 Å². The molecule has 0 unspecified atom stereocenters. The minimum atomic E-state index is -5.08. The number of halogens is 3. The van der Waals surface area contributed by atoms with Gasteiger partial charge in [-0.2, -0.15) is 13.2 Å². The first-order chi connectivity index (χ1) is 18.5. The fourth-order valence-corrected chi connectivity index (χ4v) is 3.98. The largest absolute Gasteiger partial charge is 0.490 e. The van der Waals surface area contributed by atoms with Crippen molar-refractivity contribution in [3.63, 3.8) is 0 Å². The van der Waals surface area contributed by atoms with Crippen LogP contribution in [0.3, 0.4) is 0 Å². The number of aromatic amines is 1. The molecule has 0 saturated carbocycles. The van der Waals surface area contributed by atoms with Crippen LogP contribution in [0.15, 0.2) is 54.6 Å². The number of carboxylic acids is 1. The van der Waals surface area contributed by atoms with E-state index in [1.54, 1.807) is 6.08 Å². The summed E-state index contributed by atoms with van der Waals surface area (Å²) in [4.78, 5) is 24.5. The average Bonchev–Trinajstić information content (AvgIpc) is 3.21. The quantitative estimate of drug-likeness (QED) is 0.135. The Kier molecular flexibility index (Phi) is 12.7. The maximum atomic E-state index is 12.2. The first kappa shape index (κ1) is 31.6. The van der Waals surface area contributed by atoms with Crippen LogP contribution in [0.2, 0.25) is 0 Å². The van der Waals surface area contributed by atoms with Crippen LogP contribution in [0, 0.1) is 6.92 Å². The molecule has 0 aliphatic rings. The number of carbonyl (C=O) groups excluding carboxylic acids is 1. The summed E-state index contributed by atoms with van der Waals surface area (Å²) < 4.78 is 31.7. The zero-order chi connectivity index (χ0) is 28.8. The number of amides is 1. The van der Waals surface area contributed by atoms with Gasteiger partial charge in [0.2, 0.25) is 0 Å². The number of nitrogens with zero attached hydrogens (tertiary/aromatic N) is 1. The van der Waals surface area contributed by atoms with Crippen molar-refractivity contribution in [3.8, 4) is 0 Å². The van der Waals surface area contributed by atoms with Crippen LogP contribution in [0.4, 0.5) is 13.2 Å². The molecular weight excluding hydrogens is 509 g/mol. The molecule has 0 fully saturated rings. The van der Waals surface area contributed by atoms with E-state index in [1.807, 2.05) is 11.1 Å². The molecule has 0 saturated heterocycles. The number of fused-ring (bicyclic) bond motifs is 1. The van der Waals surface area contributed by atoms with Gasteiger partial charge in [-0.15, -0.1) is 0 Å². The predicted molar refractivity (Wildman–Crippen MR) is 148 cm³/mol. The van der Waals surface area contributed by atoms with Crippen LogP contribution in [-0.4, -0.2) is 52.8 Å². The zero-order valence-corrected chi connectivity index (χ0v) is 22.6. The van der Waals surface area contributed by atoms with Gasteiger partial charge < -0.3 is 15.4 Å². The van der Waals surface area contributed by atoms with Crippen molar-refractivity contribution >= 4 is 28.9 Å². The number of hydrogen-bond acceptors (Lipinski definition) is 4. The molecule has 3 rings (SSSR count). The first-order valence-corrected chi connectivity index (χ1v) is 12.9. The number of aliphatic carboxylic acids is 1. The number of rotatable bonds is 12. The van der Waals surface area contributed by atoms with E-state index in [0.29, 0.717) is 0 Å². The average molecular weight is 547 g/mol. The zero-order valence-electron chi connectivity index (χ0n) is 22.6. The second-order valence-electron chi connectivity index (χ2n) is 9.04. The van der Waals surface area contributed by atoms with Gasteiger partial charge in [-0.3, -0.25) is 10.2 Å². The highest BCUT2D eigenvalue weighted by Gasteiger charge is 2.38. The summed E-state index contributed by atoms with van der Waals surface area (Å²) in [5.41, 5.74) is 9.07. The fourth-order valence-electron chi connectivity index (χ4n) is 3.98. The number of hydrazine groups is 1. The summed E-state index contributed by atoms with van der Waals surface area (Å²) >= 11 is 0. The van der Waals surface area contributed by atoms with E-state index in [9.17, 15) is 18.0 Å². The van der Waals surface area contributed by atoms with Crippen molar-refractivity contribution in [2.24, 2.45) is 0 Å². The molecule has 4 N–H and O–H groups in total. The third-order valence-corrected chi connectivity index (χ3v) is 5.81. The number of benzene rings is 2. The molecular formula is C29H37F3N4O3. The van der Waals surface area contributed by atoms with Gasteiger partial charge in [0.05, 0.1) is 0 Å². The molecule has 1 amide bonds. The Bertz CT molecular complexity index is 1210. The van der Waals surface area contributed by atoms with Crippen molar-refractivity contribution in [1.29, 1.82) is 0 Å². The molecule has 2 aromatic carbocycles. The minimum absolute atomic E-state index is 0.0785. The third kappa shape index (κ3) is 10.9. The number of H-pyrrole nitrogens is 1. The monoisotopic (exact) mass is 546 g/mol. The van der Waals surface area contributed by atoms with Gasteiger partial charge in [-0.25, -0.2) is 9.80 Å². The van der Waals surface area contributed by atoms with Crippen LogP contribution >= 0.6 is 0 Å². The topological polar surface area (TPSA) is 97.5 Å². The Morgan fingerprint density at radius 3 is 2.23 bits per heavy atom. The minimum Gasteiger partial charge on any atom is -0.475 e. The van der Waals surface area contributed by atoms with Crippen LogP contribution in [0.1, 0.15) is 49.1 Å². The second-order valence-corrected chi connectivity index (χ2v) is 9.04. The van der Waals surface area contributed by atoms with E-state index >= 15 is 0 Å². The van der Waals surface area contributed by atoms with E-state index in [4.69, 9.17) is 9.90 Å². The van der Waals surface area contributed by atoms with Gasteiger partial charge in [0, 0.05) is 42.3 Å². The number of hydrogen-bond donors (Lipinski definition) is 4. The number of aryl methyl sites for hydroxylation is 1. The highest BCUT2D eigenvalue weighted by Crippen LogP contribution is 2.22. The summed E-state index contributed by atoms with van der Waals surface area (Å²) in [6.45, 7) is 9.87. The lowest BCUT2D eigenvalue weighted by Crippen LogP contribution is -2.42. The van der Waals surface area contributed by atoms with Crippen LogP contribution in [-0.2, 0) is 22.6 Å². The second kappa shape index (κ2) is 15.7. The van der Waals surface area contributed by atoms with Gasteiger partial charge in [0.15, 0.2) is 0 Å². The molecule has 0 aliphatic heterocycles. The summed E-state index contributed by atoms with van der Waals surface area (Å²) in [5, 5.41) is 14.0. The molecule has 0 atom stereocenters. The van der Waals surface area contributed by atoms with Gasteiger partial charge in [0.25, 0.3) is 5.91 Å². The van der Waals surface area contributed by atoms with Crippen LogP contribution < -0.4 is 10.7 Å². The lowest BCUT2D eigenvalue weighted by atomic mass is 10.1. The highest BCUT2D eigenvalue weighted by atomic mass is 19.4. The maximum Gasteiger partial charge on any atom is 0.490 e. The van der Waals surface area contributed by atoms with Crippen molar-refractivity contribution < 1.29 is 27.9 Å². The lowest BCUT2D eigenvalue weighted by molar-refractivity contribution is -0.192. The molecule has 1 aromatic heterocycles. The third-order valence-electron chi connectivity index (χ3n) is 5.81. The Balaban J connectivity index is 0.000000673. The summed E-state index contributed by atoms with van der Waals surface area (Å²) in [7, 11) is 0. The molecule has 7 nitrogen and oxygen atoms in total. The fraction of sp³-hybridized carbons (Fsp3) is 0.379. The van der Waals surface area contributed by atoms with E-state index < -0.39 is 12.1 Å². The van der Waals surface area contributed by atoms with E-state index in [-0.39, 0.29) is 5.91 Å². The normalized spacial score (nSPS) is 11.6. The van der Waals surface area contributed by atoms with E-state index in [2.05, 4.69) is 85.0 Å². The molecule has 0 aliphatic carbocycles. The number of carboxylic acid groups (broad SMARTS) is 1. The predicted octanol–water partition coefficient (Wildman–Crippen LogP) is 5.61. The van der Waals surface area contributed by atoms with E-state index in [0.717, 1.165) is 51.0 Å². The van der Waals surface area contributed by atoms with Gasteiger partial charge in [-0.1, -0.05) is 56.3 Å². The molecule has 1 heterocycles. The van der Waals surface area contributed by atoms with Crippen LogP contribution in [0.25, 0.3) is 17.0 Å². The Hall–Kier alpha value is -3.63. The summed E-state index contributed by atoms with van der Waals surface area (Å²) in [5.74, 6) is -2.84. The Morgan fingerprint density at radius 2 is 1.64 bits per heavy atom. The Labute approximate surface area is 227 Å². The number of alkyl halides is 3. The number of aromatic nitrogens is 1. The van der Waals surface area contributed by atoms with Crippen molar-refractivity contribution in [1.82, 2.24) is 20.7 Å². The molecule has 0 radical (unpaired) electrons. The molecule has 212 valence electrons. The van der Waals surface area contributed by atoms with Crippen molar-refractivity contribution in [2.45, 2.75) is 52.8 Å². The number of nitrogens with one attached hydrogen (secondary N) is 3.